The molecule has 1 atom stereocenters. The van der Waals surface area contributed by atoms with Gasteiger partial charge < -0.3 is 9.47 Å². The van der Waals surface area contributed by atoms with Gasteiger partial charge >= 0.3 is 0 Å². The van der Waals surface area contributed by atoms with Gasteiger partial charge in [-0.15, -0.1) is 0 Å². The second kappa shape index (κ2) is 12.0. The first-order valence-corrected chi connectivity index (χ1v) is 6.33. The lowest BCUT2D eigenvalue weighted by atomic mass is 10.1. The first kappa shape index (κ1) is 14.9. The van der Waals surface area contributed by atoms with Crippen LogP contribution in [0.5, 0.6) is 0 Å². The summed E-state index contributed by atoms with van der Waals surface area (Å²) in [7, 11) is 0. The van der Waals surface area contributed by atoms with Crippen molar-refractivity contribution in [2.24, 2.45) is 0 Å². The number of hydrogen-bond donors (Lipinski definition) is 0. The highest BCUT2D eigenvalue weighted by atomic mass is 16.5. The molecule has 1 unspecified atom stereocenters. The van der Waals surface area contributed by atoms with Gasteiger partial charge in [0.25, 0.3) is 0 Å². The first-order valence-electron chi connectivity index (χ1n) is 6.33. The lowest BCUT2D eigenvalue weighted by Crippen LogP contribution is -2.13. The van der Waals surface area contributed by atoms with Crippen molar-refractivity contribution >= 4 is 0 Å². The van der Waals surface area contributed by atoms with E-state index in [-0.39, 0.29) is 0 Å². The highest BCUT2D eigenvalue weighted by molar-refractivity contribution is 4.59. The van der Waals surface area contributed by atoms with Crippen LogP contribution in [0.15, 0.2) is 0 Å². The van der Waals surface area contributed by atoms with E-state index in [0.29, 0.717) is 6.10 Å². The SMILES string of the molecule is [CH2]CCCC(CCCCOCC)OCC. The van der Waals surface area contributed by atoms with Crippen molar-refractivity contribution in [2.45, 2.75) is 58.5 Å². The Bertz CT molecular complexity index is 115. The number of ether oxygens (including phenoxy) is 2. The highest BCUT2D eigenvalue weighted by Crippen LogP contribution is 2.12. The average molecular weight is 215 g/mol. The van der Waals surface area contributed by atoms with E-state index in [1.54, 1.807) is 0 Å². The Morgan fingerprint density at radius 1 is 1.00 bits per heavy atom. The predicted molar refractivity (Wildman–Crippen MR) is 65.0 cm³/mol. The van der Waals surface area contributed by atoms with Crippen molar-refractivity contribution in [3.05, 3.63) is 6.92 Å². The first-order chi connectivity index (χ1) is 7.35. The second-order valence-corrected chi connectivity index (χ2v) is 3.77. The van der Waals surface area contributed by atoms with E-state index in [1.807, 2.05) is 6.92 Å². The fourth-order valence-electron chi connectivity index (χ4n) is 1.64. The molecule has 0 saturated heterocycles. The van der Waals surface area contributed by atoms with Crippen molar-refractivity contribution in [1.29, 1.82) is 0 Å². The molecule has 0 rings (SSSR count). The summed E-state index contributed by atoms with van der Waals surface area (Å²) < 4.78 is 11.0. The Balaban J connectivity index is 3.38. The normalized spacial score (nSPS) is 13.0. The average Bonchev–Trinajstić information content (AvgIpc) is 2.25. The van der Waals surface area contributed by atoms with Gasteiger partial charge in [0.15, 0.2) is 0 Å². The van der Waals surface area contributed by atoms with Crippen molar-refractivity contribution in [1.82, 2.24) is 0 Å². The van der Waals surface area contributed by atoms with Crippen LogP contribution in [0.2, 0.25) is 0 Å². The van der Waals surface area contributed by atoms with Gasteiger partial charge in [-0.3, -0.25) is 0 Å². The second-order valence-electron chi connectivity index (χ2n) is 3.77. The minimum atomic E-state index is 0.443. The molecule has 1 radical (unpaired) electrons. The lowest BCUT2D eigenvalue weighted by Gasteiger charge is -2.16. The van der Waals surface area contributed by atoms with E-state index in [9.17, 15) is 0 Å². The van der Waals surface area contributed by atoms with Gasteiger partial charge in [-0.1, -0.05) is 19.8 Å². The molecule has 0 aliphatic heterocycles. The quantitative estimate of drug-likeness (QED) is 0.490. The number of hydrogen-bond acceptors (Lipinski definition) is 2. The van der Waals surface area contributed by atoms with Crippen molar-refractivity contribution in [2.75, 3.05) is 19.8 Å². The van der Waals surface area contributed by atoms with Crippen LogP contribution in [0, 0.1) is 6.92 Å². The van der Waals surface area contributed by atoms with E-state index < -0.39 is 0 Å². The van der Waals surface area contributed by atoms with Crippen LogP contribution < -0.4 is 0 Å². The molecule has 0 N–H and O–H groups in total. The molecule has 0 spiro atoms. The largest absolute Gasteiger partial charge is 0.382 e. The van der Waals surface area contributed by atoms with Gasteiger partial charge in [0.1, 0.15) is 0 Å². The van der Waals surface area contributed by atoms with E-state index in [2.05, 4.69) is 13.8 Å². The zero-order valence-electron chi connectivity index (χ0n) is 10.5. The predicted octanol–water partition coefficient (Wildman–Crippen LogP) is 3.60. The third-order valence-corrected chi connectivity index (χ3v) is 2.45. The minimum absolute atomic E-state index is 0.443. The maximum atomic E-state index is 5.68. The Morgan fingerprint density at radius 3 is 2.33 bits per heavy atom. The maximum Gasteiger partial charge on any atom is 0.0575 e. The fourth-order valence-corrected chi connectivity index (χ4v) is 1.64. The van der Waals surface area contributed by atoms with Gasteiger partial charge in [-0.25, -0.2) is 0 Å². The fraction of sp³-hybridized carbons (Fsp3) is 0.923. The van der Waals surface area contributed by atoms with Crippen LogP contribution >= 0.6 is 0 Å². The summed E-state index contributed by atoms with van der Waals surface area (Å²) in [4.78, 5) is 0. The summed E-state index contributed by atoms with van der Waals surface area (Å²) in [5.74, 6) is 0. The van der Waals surface area contributed by atoms with Gasteiger partial charge in [0.05, 0.1) is 6.10 Å². The van der Waals surface area contributed by atoms with Crippen molar-refractivity contribution in [3.63, 3.8) is 0 Å². The van der Waals surface area contributed by atoms with Crippen LogP contribution in [0.1, 0.15) is 52.4 Å². The topological polar surface area (TPSA) is 18.5 Å². The van der Waals surface area contributed by atoms with Gasteiger partial charge in [0, 0.05) is 19.8 Å². The molecular weight excluding hydrogens is 188 g/mol. The van der Waals surface area contributed by atoms with Crippen LogP contribution in [0.25, 0.3) is 0 Å². The molecule has 2 nitrogen and oxygen atoms in total. The van der Waals surface area contributed by atoms with E-state index in [4.69, 9.17) is 9.47 Å². The molecule has 0 bridgehead atoms. The molecular formula is C13H27O2. The van der Waals surface area contributed by atoms with E-state index >= 15 is 0 Å². The smallest absolute Gasteiger partial charge is 0.0575 e. The molecule has 0 aromatic heterocycles. The lowest BCUT2D eigenvalue weighted by molar-refractivity contribution is 0.0454. The molecule has 0 fully saturated rings. The number of unbranched alkanes of at least 4 members (excludes halogenated alkanes) is 2. The van der Waals surface area contributed by atoms with Gasteiger partial charge in [-0.2, -0.15) is 0 Å². The molecule has 0 aliphatic carbocycles. The third-order valence-electron chi connectivity index (χ3n) is 2.45. The molecule has 0 saturated carbocycles. The van der Waals surface area contributed by atoms with Gasteiger partial charge in [-0.05, 0) is 39.5 Å². The summed E-state index contributed by atoms with van der Waals surface area (Å²) in [5.41, 5.74) is 0. The molecule has 0 heterocycles. The molecule has 2 heteroatoms. The van der Waals surface area contributed by atoms with Crippen LogP contribution in [0.4, 0.5) is 0 Å². The van der Waals surface area contributed by atoms with Crippen LogP contribution in [-0.2, 0) is 9.47 Å². The summed E-state index contributed by atoms with van der Waals surface area (Å²) in [5, 5.41) is 0. The molecule has 0 aromatic rings. The Labute approximate surface area is 95.3 Å². The summed E-state index contributed by atoms with van der Waals surface area (Å²) >= 11 is 0. The molecule has 91 valence electrons. The van der Waals surface area contributed by atoms with E-state index in [1.165, 1.54) is 19.3 Å². The molecule has 0 amide bonds. The highest BCUT2D eigenvalue weighted by Gasteiger charge is 2.06. The summed E-state index contributed by atoms with van der Waals surface area (Å²) in [6.07, 6.45) is 7.33. The maximum absolute atomic E-state index is 5.68. The van der Waals surface area contributed by atoms with Crippen molar-refractivity contribution in [3.8, 4) is 0 Å². The summed E-state index contributed by atoms with van der Waals surface area (Å²) in [6, 6.07) is 0. The van der Waals surface area contributed by atoms with Crippen LogP contribution in [-0.4, -0.2) is 25.9 Å². The Hall–Kier alpha value is -0.0800. The Morgan fingerprint density at radius 2 is 1.73 bits per heavy atom. The number of rotatable bonds is 11. The molecule has 0 aromatic carbocycles. The standard InChI is InChI=1S/C13H27O2/c1-4-7-10-13(15-6-3)11-8-9-12-14-5-2/h13H,1,4-12H2,2-3H3. The zero-order valence-corrected chi connectivity index (χ0v) is 10.5. The zero-order chi connectivity index (χ0) is 11.4. The molecule has 15 heavy (non-hydrogen) atoms. The van der Waals surface area contributed by atoms with Crippen molar-refractivity contribution < 1.29 is 9.47 Å². The monoisotopic (exact) mass is 215 g/mol. The van der Waals surface area contributed by atoms with Crippen LogP contribution in [0.3, 0.4) is 0 Å². The minimum Gasteiger partial charge on any atom is -0.382 e. The third kappa shape index (κ3) is 10.2. The summed E-state index contributed by atoms with van der Waals surface area (Å²) in [6.45, 7) is 10.5. The Kier molecular flexibility index (Phi) is 11.9. The van der Waals surface area contributed by atoms with Gasteiger partial charge in [0.2, 0.25) is 0 Å². The molecule has 0 aliphatic rings. The van der Waals surface area contributed by atoms with E-state index in [0.717, 1.165) is 39.1 Å².